The molecule has 88 valence electrons. The highest BCUT2D eigenvalue weighted by Crippen LogP contribution is 2.19. The zero-order chi connectivity index (χ0) is 13.0. The predicted octanol–water partition coefficient (Wildman–Crippen LogP) is 0.244. The SMILES string of the molecule is NC(=O)C(=C(C(=O)O)c1ccccc1)[N+](=O)[O-]. The molecule has 0 fully saturated rings. The van der Waals surface area contributed by atoms with Crippen molar-refractivity contribution in [2.75, 3.05) is 0 Å². The fourth-order valence-electron chi connectivity index (χ4n) is 1.27. The van der Waals surface area contributed by atoms with Crippen LogP contribution < -0.4 is 5.73 Å². The van der Waals surface area contributed by atoms with Gasteiger partial charge in [-0.25, -0.2) is 4.79 Å². The molecule has 0 atom stereocenters. The van der Waals surface area contributed by atoms with E-state index in [1.807, 2.05) is 0 Å². The van der Waals surface area contributed by atoms with Gasteiger partial charge in [0.2, 0.25) is 0 Å². The fourth-order valence-corrected chi connectivity index (χ4v) is 1.27. The second-order valence-corrected chi connectivity index (χ2v) is 3.02. The van der Waals surface area contributed by atoms with Gasteiger partial charge >= 0.3 is 17.6 Å². The fraction of sp³-hybridized carbons (Fsp3) is 0. The van der Waals surface area contributed by atoms with E-state index in [1.54, 1.807) is 6.07 Å². The number of carboxylic acids is 1. The minimum Gasteiger partial charge on any atom is -0.477 e. The van der Waals surface area contributed by atoms with Gasteiger partial charge in [0.1, 0.15) is 0 Å². The van der Waals surface area contributed by atoms with E-state index in [0.29, 0.717) is 0 Å². The Bertz CT molecular complexity index is 491. The largest absolute Gasteiger partial charge is 0.477 e. The van der Waals surface area contributed by atoms with Crippen LogP contribution >= 0.6 is 0 Å². The monoisotopic (exact) mass is 236 g/mol. The van der Waals surface area contributed by atoms with Gasteiger partial charge in [0.15, 0.2) is 5.57 Å². The minimum absolute atomic E-state index is 0.0468. The molecule has 0 aliphatic rings. The number of amides is 1. The first-order valence-corrected chi connectivity index (χ1v) is 4.42. The highest BCUT2D eigenvalue weighted by atomic mass is 16.6. The Labute approximate surface area is 95.3 Å². The Hall–Kier alpha value is -2.70. The first-order valence-electron chi connectivity index (χ1n) is 4.42. The lowest BCUT2D eigenvalue weighted by atomic mass is 10.0. The number of rotatable bonds is 4. The van der Waals surface area contributed by atoms with E-state index in [1.165, 1.54) is 24.3 Å². The normalized spacial score (nSPS) is 11.5. The molecular weight excluding hydrogens is 228 g/mol. The van der Waals surface area contributed by atoms with Gasteiger partial charge in [0, 0.05) is 0 Å². The van der Waals surface area contributed by atoms with E-state index >= 15 is 0 Å². The third-order valence-corrected chi connectivity index (χ3v) is 1.93. The molecule has 1 aromatic carbocycles. The van der Waals surface area contributed by atoms with E-state index < -0.39 is 28.1 Å². The van der Waals surface area contributed by atoms with Crippen LogP contribution in [0, 0.1) is 10.1 Å². The first-order chi connectivity index (χ1) is 7.95. The number of benzene rings is 1. The zero-order valence-corrected chi connectivity index (χ0v) is 8.49. The summed E-state index contributed by atoms with van der Waals surface area (Å²) in [5.41, 5.74) is 3.00. The number of hydrogen-bond acceptors (Lipinski definition) is 4. The van der Waals surface area contributed by atoms with Crippen LogP contribution in [0.2, 0.25) is 0 Å². The maximum absolute atomic E-state index is 11.0. The summed E-state index contributed by atoms with van der Waals surface area (Å²) in [7, 11) is 0. The topological polar surface area (TPSA) is 124 Å². The summed E-state index contributed by atoms with van der Waals surface area (Å²) < 4.78 is 0. The molecule has 1 aromatic rings. The van der Waals surface area contributed by atoms with Crippen molar-refractivity contribution in [3.8, 4) is 0 Å². The van der Waals surface area contributed by atoms with Crippen LogP contribution in [0.15, 0.2) is 36.0 Å². The standard InChI is InChI=1S/C10H8N2O5/c11-9(13)8(12(16)17)7(10(14)15)6-4-2-1-3-5-6/h1-5H,(H2,11,13)(H,14,15). The molecule has 7 heteroatoms. The molecule has 0 saturated carbocycles. The molecule has 0 radical (unpaired) electrons. The molecule has 0 aromatic heterocycles. The van der Waals surface area contributed by atoms with Crippen molar-refractivity contribution in [3.05, 3.63) is 51.7 Å². The number of carbonyl (C=O) groups excluding carboxylic acids is 1. The number of primary amides is 1. The average molecular weight is 236 g/mol. The van der Waals surface area contributed by atoms with Crippen molar-refractivity contribution in [2.24, 2.45) is 5.73 Å². The number of carboxylic acid groups (broad SMARTS) is 1. The van der Waals surface area contributed by atoms with Gasteiger partial charge in [-0.2, -0.15) is 0 Å². The van der Waals surface area contributed by atoms with E-state index in [0.717, 1.165) is 0 Å². The highest BCUT2D eigenvalue weighted by Gasteiger charge is 2.30. The lowest BCUT2D eigenvalue weighted by molar-refractivity contribution is -0.417. The van der Waals surface area contributed by atoms with Gasteiger partial charge in [-0.05, 0) is 5.56 Å². The number of aliphatic carboxylic acids is 1. The minimum atomic E-state index is -1.58. The van der Waals surface area contributed by atoms with E-state index in [9.17, 15) is 19.7 Å². The van der Waals surface area contributed by atoms with Crippen molar-refractivity contribution >= 4 is 17.4 Å². The smallest absolute Gasteiger partial charge is 0.348 e. The van der Waals surface area contributed by atoms with Gasteiger partial charge in [-0.15, -0.1) is 0 Å². The molecule has 0 heterocycles. The third-order valence-electron chi connectivity index (χ3n) is 1.93. The van der Waals surface area contributed by atoms with Crippen LogP contribution in [-0.4, -0.2) is 21.9 Å². The third kappa shape index (κ3) is 2.65. The maximum atomic E-state index is 11.0. The van der Waals surface area contributed by atoms with Crippen LogP contribution in [0.25, 0.3) is 5.57 Å². The van der Waals surface area contributed by atoms with Gasteiger partial charge in [0.25, 0.3) is 0 Å². The molecule has 3 N–H and O–H groups in total. The molecule has 7 nitrogen and oxygen atoms in total. The summed E-state index contributed by atoms with van der Waals surface area (Å²) >= 11 is 0. The van der Waals surface area contributed by atoms with Crippen LogP contribution in [0.3, 0.4) is 0 Å². The number of nitrogens with zero attached hydrogens (tertiary/aromatic N) is 1. The van der Waals surface area contributed by atoms with E-state index in [2.05, 4.69) is 0 Å². The zero-order valence-electron chi connectivity index (χ0n) is 8.49. The van der Waals surface area contributed by atoms with Gasteiger partial charge in [-0.1, -0.05) is 30.3 Å². The Kier molecular flexibility index (Phi) is 3.55. The van der Waals surface area contributed by atoms with Crippen LogP contribution in [0.1, 0.15) is 5.56 Å². The van der Waals surface area contributed by atoms with Crippen molar-refractivity contribution in [1.82, 2.24) is 0 Å². The quantitative estimate of drug-likeness (QED) is 0.440. The van der Waals surface area contributed by atoms with Crippen LogP contribution in [0.5, 0.6) is 0 Å². The summed E-state index contributed by atoms with van der Waals surface area (Å²) in [5, 5.41) is 19.6. The summed E-state index contributed by atoms with van der Waals surface area (Å²) in [6, 6.07) is 7.29. The number of nitro groups is 1. The van der Waals surface area contributed by atoms with Gasteiger partial charge in [-0.3, -0.25) is 14.9 Å². The summed E-state index contributed by atoms with van der Waals surface area (Å²) in [5.74, 6) is -2.97. The predicted molar refractivity (Wildman–Crippen MR) is 57.2 cm³/mol. The lowest BCUT2D eigenvalue weighted by Crippen LogP contribution is -2.23. The second kappa shape index (κ2) is 4.88. The lowest BCUT2D eigenvalue weighted by Gasteiger charge is -2.02. The molecule has 1 amide bonds. The molecule has 17 heavy (non-hydrogen) atoms. The number of nitrogens with two attached hydrogens (primary N) is 1. The Morgan fingerprint density at radius 3 is 2.12 bits per heavy atom. The highest BCUT2D eigenvalue weighted by molar-refractivity contribution is 6.21. The van der Waals surface area contributed by atoms with Crippen LogP contribution in [-0.2, 0) is 9.59 Å². The average Bonchev–Trinajstić information content (AvgIpc) is 2.25. The molecule has 1 rings (SSSR count). The molecule has 0 aliphatic heterocycles. The molecule has 0 bridgehead atoms. The van der Waals surface area contributed by atoms with E-state index in [-0.39, 0.29) is 5.56 Å². The molecule has 0 spiro atoms. The maximum Gasteiger partial charge on any atom is 0.348 e. The van der Waals surface area contributed by atoms with Crippen molar-refractivity contribution < 1.29 is 19.6 Å². The summed E-state index contributed by atoms with van der Waals surface area (Å²) in [4.78, 5) is 31.4. The summed E-state index contributed by atoms with van der Waals surface area (Å²) in [6.07, 6.45) is 0. The van der Waals surface area contributed by atoms with Crippen molar-refractivity contribution in [3.63, 3.8) is 0 Å². The number of carbonyl (C=O) groups is 2. The molecular formula is C10H8N2O5. The van der Waals surface area contributed by atoms with Gasteiger partial charge in [0.05, 0.1) is 4.92 Å². The Morgan fingerprint density at radius 2 is 1.76 bits per heavy atom. The summed E-state index contributed by atoms with van der Waals surface area (Å²) in [6.45, 7) is 0. The van der Waals surface area contributed by atoms with Crippen molar-refractivity contribution in [1.29, 1.82) is 0 Å². The Balaban J connectivity index is 3.55. The molecule has 0 unspecified atom stereocenters. The van der Waals surface area contributed by atoms with Crippen molar-refractivity contribution in [2.45, 2.75) is 0 Å². The second-order valence-electron chi connectivity index (χ2n) is 3.02. The van der Waals surface area contributed by atoms with Crippen LogP contribution in [0.4, 0.5) is 0 Å². The van der Waals surface area contributed by atoms with Gasteiger partial charge < -0.3 is 10.8 Å². The molecule has 0 aliphatic carbocycles. The Morgan fingerprint density at radius 1 is 1.24 bits per heavy atom. The first kappa shape index (κ1) is 12.4. The number of hydrogen-bond donors (Lipinski definition) is 2. The molecule has 0 saturated heterocycles. The van der Waals surface area contributed by atoms with E-state index in [4.69, 9.17) is 10.8 Å².